The first-order chi connectivity index (χ1) is 12.0. The lowest BCUT2D eigenvalue weighted by atomic mass is 10.3. The van der Waals surface area contributed by atoms with E-state index in [2.05, 4.69) is 9.88 Å². The second-order valence-electron chi connectivity index (χ2n) is 5.54. The Kier molecular flexibility index (Phi) is 5.47. The molecule has 0 aliphatic rings. The third kappa shape index (κ3) is 4.88. The third-order valence-electron chi connectivity index (χ3n) is 3.67. The van der Waals surface area contributed by atoms with Gasteiger partial charge in [-0.25, -0.2) is 0 Å². The van der Waals surface area contributed by atoms with Gasteiger partial charge >= 0.3 is 0 Å². The van der Waals surface area contributed by atoms with E-state index in [1.54, 1.807) is 11.3 Å². The summed E-state index contributed by atoms with van der Waals surface area (Å²) in [7, 11) is -3.94. The zero-order valence-electron chi connectivity index (χ0n) is 13.5. The van der Waals surface area contributed by atoms with E-state index in [-0.39, 0.29) is 5.75 Å². The lowest BCUT2D eigenvalue weighted by Crippen LogP contribution is -2.36. The van der Waals surface area contributed by atoms with Gasteiger partial charge in [-0.2, -0.15) is 13.0 Å². The lowest BCUT2D eigenvalue weighted by Gasteiger charge is -1.99. The zero-order valence-corrected chi connectivity index (χ0v) is 15.1. The van der Waals surface area contributed by atoms with E-state index in [1.807, 2.05) is 66.9 Å². The molecule has 0 aliphatic heterocycles. The highest BCUT2D eigenvalue weighted by molar-refractivity contribution is 7.85. The number of rotatable bonds is 7. The molecule has 3 rings (SSSR count). The summed E-state index contributed by atoms with van der Waals surface area (Å²) in [4.78, 5) is 0. The van der Waals surface area contributed by atoms with Crippen LogP contribution in [0.15, 0.2) is 60.8 Å². The maximum Gasteiger partial charge on any atom is 0.265 e. The second-order valence-corrected chi connectivity index (χ2v) is 8.18. The largest absolute Gasteiger partial charge is 0.361 e. The van der Waals surface area contributed by atoms with Crippen LogP contribution in [0.25, 0.3) is 16.3 Å². The Hall–Kier alpha value is -2.22. The van der Waals surface area contributed by atoms with Crippen molar-refractivity contribution in [2.75, 3.05) is 11.1 Å². The number of hydrogen-bond donors (Lipinski definition) is 2. The highest BCUT2D eigenvalue weighted by atomic mass is 32.2. The molecule has 130 valence electrons. The number of nitrogens with zero attached hydrogens (tertiary/aromatic N) is 1. The van der Waals surface area contributed by atoms with Crippen molar-refractivity contribution in [2.45, 2.75) is 13.0 Å². The normalized spacial score (nSPS) is 12.0. The average Bonchev–Trinajstić information content (AvgIpc) is 2.93. The van der Waals surface area contributed by atoms with Crippen LogP contribution in [0.5, 0.6) is 0 Å². The third-order valence-corrected chi connectivity index (χ3v) is 5.61. The molecule has 5 nitrogen and oxygen atoms in total. The minimum atomic E-state index is -3.94. The number of para-hydroxylation sites is 2. The van der Waals surface area contributed by atoms with Gasteiger partial charge in [-0.05, 0) is 18.2 Å². The summed E-state index contributed by atoms with van der Waals surface area (Å²) < 4.78 is 34.1. The Morgan fingerprint density at radius 2 is 1.80 bits per heavy atom. The SMILES string of the molecule is O=S(=O)(O)CCC[n+]1c(C=CNc2ccccc2)sc2ccccc21. The average molecular weight is 375 g/mol. The highest BCUT2D eigenvalue weighted by Crippen LogP contribution is 2.21. The predicted molar refractivity (Wildman–Crippen MR) is 102 cm³/mol. The van der Waals surface area contributed by atoms with E-state index in [0.29, 0.717) is 13.0 Å². The Bertz CT molecular complexity index is 980. The summed E-state index contributed by atoms with van der Waals surface area (Å²) in [6.45, 7) is 0.523. The van der Waals surface area contributed by atoms with Crippen LogP contribution in [0.1, 0.15) is 11.4 Å². The standard InChI is InChI=1S/C18H18N2O3S2/c21-25(22,23)14-6-13-20-16-9-4-5-10-17(16)24-18(20)11-12-19-15-7-2-1-3-8-15/h1-5,7-12H,6,13-14H2,(H,21,22,23)/p+1. The van der Waals surface area contributed by atoms with Crippen molar-refractivity contribution in [1.29, 1.82) is 0 Å². The molecule has 1 heterocycles. The minimum absolute atomic E-state index is 0.240. The summed E-state index contributed by atoms with van der Waals surface area (Å²) >= 11 is 1.64. The van der Waals surface area contributed by atoms with E-state index in [4.69, 9.17) is 4.55 Å². The van der Waals surface area contributed by atoms with Crippen molar-refractivity contribution >= 4 is 43.4 Å². The maximum absolute atomic E-state index is 11.0. The smallest absolute Gasteiger partial charge is 0.265 e. The first-order valence-corrected chi connectivity index (χ1v) is 10.3. The number of hydrogen-bond acceptors (Lipinski definition) is 4. The number of aromatic nitrogens is 1. The molecule has 0 saturated carbocycles. The van der Waals surface area contributed by atoms with E-state index in [1.165, 1.54) is 0 Å². The molecule has 0 radical (unpaired) electrons. The number of aryl methyl sites for hydroxylation is 1. The van der Waals surface area contributed by atoms with Crippen molar-refractivity contribution in [1.82, 2.24) is 0 Å². The molecule has 0 spiro atoms. The summed E-state index contributed by atoms with van der Waals surface area (Å²) in [5, 5.41) is 4.24. The quantitative estimate of drug-likeness (QED) is 0.489. The van der Waals surface area contributed by atoms with Gasteiger partial charge in [0.15, 0.2) is 6.54 Å². The number of benzene rings is 2. The van der Waals surface area contributed by atoms with Crippen LogP contribution in [-0.4, -0.2) is 18.7 Å². The van der Waals surface area contributed by atoms with Crippen LogP contribution in [0.3, 0.4) is 0 Å². The molecule has 25 heavy (non-hydrogen) atoms. The molecular formula is C18H19N2O3S2+. The first-order valence-electron chi connectivity index (χ1n) is 7.87. The van der Waals surface area contributed by atoms with Crippen molar-refractivity contribution in [3.8, 4) is 0 Å². The fourth-order valence-electron chi connectivity index (χ4n) is 2.56. The highest BCUT2D eigenvalue weighted by Gasteiger charge is 2.18. The molecule has 0 unspecified atom stereocenters. The number of nitrogens with one attached hydrogen (secondary N) is 1. The second kappa shape index (κ2) is 7.77. The van der Waals surface area contributed by atoms with Crippen LogP contribution >= 0.6 is 11.3 Å². The Labute approximate surface area is 151 Å². The number of fused-ring (bicyclic) bond motifs is 1. The van der Waals surface area contributed by atoms with Crippen molar-refractivity contribution in [3.63, 3.8) is 0 Å². The van der Waals surface area contributed by atoms with Gasteiger partial charge in [-0.15, -0.1) is 0 Å². The van der Waals surface area contributed by atoms with Crippen LogP contribution in [0.2, 0.25) is 0 Å². The van der Waals surface area contributed by atoms with E-state index < -0.39 is 10.1 Å². The molecular weight excluding hydrogens is 356 g/mol. The monoisotopic (exact) mass is 375 g/mol. The van der Waals surface area contributed by atoms with E-state index in [0.717, 1.165) is 20.9 Å². The topological polar surface area (TPSA) is 70.3 Å². The van der Waals surface area contributed by atoms with Gasteiger partial charge < -0.3 is 5.32 Å². The van der Waals surface area contributed by atoms with Crippen molar-refractivity contribution < 1.29 is 17.5 Å². The lowest BCUT2D eigenvalue weighted by molar-refractivity contribution is -0.668. The van der Waals surface area contributed by atoms with Gasteiger partial charge in [0.05, 0.1) is 5.75 Å². The maximum atomic E-state index is 11.0. The van der Waals surface area contributed by atoms with Crippen molar-refractivity contribution in [2.24, 2.45) is 0 Å². The van der Waals surface area contributed by atoms with Crippen molar-refractivity contribution in [3.05, 3.63) is 65.8 Å². The summed E-state index contributed by atoms with van der Waals surface area (Å²) in [5.74, 6) is -0.240. The molecule has 0 atom stereocenters. The molecule has 0 aliphatic carbocycles. The molecule has 3 aromatic rings. The molecule has 0 amide bonds. The molecule has 2 aromatic carbocycles. The van der Waals surface area contributed by atoms with E-state index in [9.17, 15) is 8.42 Å². The summed E-state index contributed by atoms with van der Waals surface area (Å²) in [5.41, 5.74) is 2.06. The first kappa shape index (κ1) is 17.6. The van der Waals surface area contributed by atoms with Crippen LogP contribution in [0, 0.1) is 0 Å². The molecule has 0 fully saturated rings. The zero-order chi connectivity index (χ0) is 17.7. The molecule has 2 N–H and O–H groups in total. The van der Waals surface area contributed by atoms with Gasteiger partial charge in [0, 0.05) is 30.5 Å². The van der Waals surface area contributed by atoms with Gasteiger partial charge in [0.1, 0.15) is 4.70 Å². The molecule has 7 heteroatoms. The van der Waals surface area contributed by atoms with E-state index >= 15 is 0 Å². The van der Waals surface area contributed by atoms with Gasteiger partial charge in [0.25, 0.3) is 15.1 Å². The van der Waals surface area contributed by atoms with Gasteiger partial charge in [-0.1, -0.05) is 41.7 Å². The Morgan fingerprint density at radius 1 is 1.08 bits per heavy atom. The fraction of sp³-hybridized carbons (Fsp3) is 0.167. The van der Waals surface area contributed by atoms with Gasteiger partial charge in [-0.3, -0.25) is 4.55 Å². The molecule has 0 bridgehead atoms. The minimum Gasteiger partial charge on any atom is -0.361 e. The summed E-state index contributed by atoms with van der Waals surface area (Å²) in [6.07, 6.45) is 4.21. The molecule has 0 saturated heterocycles. The Balaban J connectivity index is 1.82. The fourth-order valence-corrected chi connectivity index (χ4v) is 4.14. The van der Waals surface area contributed by atoms with Crippen LogP contribution in [0.4, 0.5) is 5.69 Å². The number of anilines is 1. The van der Waals surface area contributed by atoms with Crippen LogP contribution in [-0.2, 0) is 16.7 Å². The molecule has 1 aromatic heterocycles. The van der Waals surface area contributed by atoms with Gasteiger partial charge in [0.2, 0.25) is 5.52 Å². The summed E-state index contributed by atoms with van der Waals surface area (Å²) in [6, 6.07) is 17.9. The predicted octanol–water partition coefficient (Wildman–Crippen LogP) is 3.55. The number of thiazole rings is 1. The Morgan fingerprint density at radius 3 is 2.56 bits per heavy atom. The van der Waals surface area contributed by atoms with Crippen LogP contribution < -0.4 is 9.88 Å².